The van der Waals surface area contributed by atoms with Crippen LogP contribution in [0.15, 0.2) is 0 Å². The summed E-state index contributed by atoms with van der Waals surface area (Å²) in [7, 11) is -13.7. The van der Waals surface area contributed by atoms with Gasteiger partial charge < -0.3 is 13.7 Å². The van der Waals surface area contributed by atoms with Gasteiger partial charge in [0, 0.05) is 0 Å². The van der Waals surface area contributed by atoms with Gasteiger partial charge in [-0.15, -0.1) is 0 Å². The zero-order valence-corrected chi connectivity index (χ0v) is 19.6. The average molecular weight is 408 g/mol. The topological polar surface area (TPSA) is 172 Å². The number of rotatable bonds is 3. The SMILES string of the molecule is O=S(=O)([O-])CF.O=S(=O)([O-])CF.O=S(=O)([O-])CF.[Na+].[Na+].[Na+]. The van der Waals surface area contributed by atoms with Crippen molar-refractivity contribution in [1.29, 1.82) is 0 Å². The predicted octanol–water partition coefficient (Wildman–Crippen LogP) is -10.6. The molecule has 0 bridgehead atoms. The summed E-state index contributed by atoms with van der Waals surface area (Å²) in [6.07, 6.45) is 0. The maximum absolute atomic E-state index is 10.6. The van der Waals surface area contributed by atoms with Crippen LogP contribution in [0.1, 0.15) is 0 Å². The van der Waals surface area contributed by atoms with Crippen molar-refractivity contribution in [3.05, 3.63) is 0 Å². The molecule has 0 aromatic heterocycles. The van der Waals surface area contributed by atoms with E-state index in [1.54, 1.807) is 0 Å². The van der Waals surface area contributed by atoms with E-state index in [1.807, 2.05) is 0 Å². The van der Waals surface area contributed by atoms with Gasteiger partial charge in [0.1, 0.15) is 30.4 Å². The third-order valence-electron chi connectivity index (χ3n) is 0.401. The second-order valence-electron chi connectivity index (χ2n) is 2.00. The molecule has 0 unspecified atom stereocenters. The van der Waals surface area contributed by atoms with Gasteiger partial charge in [0.15, 0.2) is 18.0 Å². The van der Waals surface area contributed by atoms with Crippen LogP contribution in [-0.4, -0.2) is 56.9 Å². The van der Waals surface area contributed by atoms with Crippen LogP contribution in [0.5, 0.6) is 0 Å². The molecule has 0 aliphatic carbocycles. The smallest absolute Gasteiger partial charge is 0.746 e. The first-order valence-electron chi connectivity index (χ1n) is 3.17. The van der Waals surface area contributed by atoms with Crippen LogP contribution in [0.3, 0.4) is 0 Å². The van der Waals surface area contributed by atoms with E-state index in [1.165, 1.54) is 0 Å². The van der Waals surface area contributed by atoms with Gasteiger partial charge >= 0.3 is 88.7 Å². The van der Waals surface area contributed by atoms with Crippen molar-refractivity contribution >= 4 is 30.4 Å². The van der Waals surface area contributed by atoms with E-state index in [-0.39, 0.29) is 88.7 Å². The van der Waals surface area contributed by atoms with Crippen LogP contribution in [0, 0.1) is 0 Å². The molecule has 0 saturated heterocycles. The van der Waals surface area contributed by atoms with Crippen molar-refractivity contribution < 1.29 is 141 Å². The Labute approximate surface area is 186 Å². The Hall–Kier alpha value is 2.52. The molecule has 0 rings (SSSR count). The largest absolute Gasteiger partial charge is 1.00 e. The van der Waals surface area contributed by atoms with E-state index in [9.17, 15) is 13.2 Å². The zero-order chi connectivity index (χ0) is 15.6. The zero-order valence-electron chi connectivity index (χ0n) is 11.2. The summed E-state index contributed by atoms with van der Waals surface area (Å²) < 4.78 is 113. The number of hydrogen-bond donors (Lipinski definition) is 0. The van der Waals surface area contributed by atoms with Crippen LogP contribution in [-0.2, 0) is 30.4 Å². The number of hydrogen-bond acceptors (Lipinski definition) is 9. The average Bonchev–Trinajstić information content (AvgIpc) is 2.16. The van der Waals surface area contributed by atoms with E-state index in [2.05, 4.69) is 0 Å². The Balaban J connectivity index is -0.0000000375. The Morgan fingerprint density at radius 1 is 0.524 bits per heavy atom. The molecule has 114 valence electrons. The molecule has 0 aliphatic rings. The summed E-state index contributed by atoms with van der Waals surface area (Å²) in [5.41, 5.74) is 0. The molecule has 0 aliphatic heterocycles. The summed E-state index contributed by atoms with van der Waals surface area (Å²) in [6.45, 7) is 0. The minimum atomic E-state index is -4.58. The van der Waals surface area contributed by atoms with Crippen molar-refractivity contribution in [2.75, 3.05) is 18.0 Å². The molecule has 0 saturated carbocycles. The monoisotopic (exact) mass is 408 g/mol. The number of alkyl halides is 3. The molecule has 0 fully saturated rings. The van der Waals surface area contributed by atoms with Gasteiger partial charge in [-0.1, -0.05) is 0 Å². The third-order valence-corrected chi connectivity index (χ3v) is 1.20. The maximum Gasteiger partial charge on any atom is 1.00 e. The minimum Gasteiger partial charge on any atom is -0.746 e. The maximum atomic E-state index is 10.6. The Morgan fingerprint density at radius 3 is 0.571 bits per heavy atom. The molecule has 9 nitrogen and oxygen atoms in total. The molecular formula is C3H6F3Na3O9S3. The van der Waals surface area contributed by atoms with Gasteiger partial charge in [0.2, 0.25) is 0 Å². The molecule has 0 aromatic rings. The van der Waals surface area contributed by atoms with Gasteiger partial charge in [-0.05, 0) is 0 Å². The molecule has 0 N–H and O–H groups in total. The van der Waals surface area contributed by atoms with E-state index in [0.717, 1.165) is 0 Å². The molecular weight excluding hydrogens is 402 g/mol. The molecule has 0 amide bonds. The molecule has 0 atom stereocenters. The van der Waals surface area contributed by atoms with Gasteiger partial charge in [-0.3, -0.25) is 0 Å². The summed E-state index contributed by atoms with van der Waals surface area (Å²) in [5.74, 6) is 0. The van der Waals surface area contributed by atoms with Crippen LogP contribution in [0.2, 0.25) is 0 Å². The van der Waals surface area contributed by atoms with Crippen molar-refractivity contribution in [3.8, 4) is 0 Å². The first-order chi connectivity index (χ1) is 7.68. The standard InChI is InChI=1S/3CH3FO3S.3Na/c3*2-1-6(3,4)5;;;/h3*1H2,(H,3,4,5);;;/q;;;3*+1/p-3. The Morgan fingerprint density at radius 2 is 0.571 bits per heavy atom. The van der Waals surface area contributed by atoms with Crippen molar-refractivity contribution in [2.45, 2.75) is 0 Å². The van der Waals surface area contributed by atoms with E-state index < -0.39 is 48.4 Å². The van der Waals surface area contributed by atoms with E-state index >= 15 is 0 Å². The first kappa shape index (κ1) is 38.9. The van der Waals surface area contributed by atoms with Crippen LogP contribution in [0.4, 0.5) is 13.2 Å². The van der Waals surface area contributed by atoms with Gasteiger partial charge in [-0.2, -0.15) is 0 Å². The van der Waals surface area contributed by atoms with Crippen molar-refractivity contribution in [3.63, 3.8) is 0 Å². The fourth-order valence-electron chi connectivity index (χ4n) is 0. The summed E-state index contributed by atoms with van der Waals surface area (Å²) >= 11 is 0. The van der Waals surface area contributed by atoms with Gasteiger partial charge in [-0.25, -0.2) is 38.4 Å². The quantitative estimate of drug-likeness (QED) is 0.325. The molecule has 0 spiro atoms. The van der Waals surface area contributed by atoms with Gasteiger partial charge in [0.25, 0.3) is 0 Å². The van der Waals surface area contributed by atoms with Crippen molar-refractivity contribution in [2.24, 2.45) is 0 Å². The molecule has 0 heterocycles. The molecule has 21 heavy (non-hydrogen) atoms. The number of halogens is 3. The molecule has 18 heteroatoms. The van der Waals surface area contributed by atoms with E-state index in [0.29, 0.717) is 0 Å². The van der Waals surface area contributed by atoms with Crippen LogP contribution >= 0.6 is 0 Å². The normalized spacial score (nSPS) is 10.0. The second kappa shape index (κ2) is 18.9. The Kier molecular flexibility index (Phi) is 34.9. The van der Waals surface area contributed by atoms with Crippen LogP contribution < -0.4 is 88.7 Å². The summed E-state index contributed by atoms with van der Waals surface area (Å²) in [5, 5.41) is 0. The summed E-state index contributed by atoms with van der Waals surface area (Å²) in [6, 6.07) is -5.44. The third kappa shape index (κ3) is 71.5. The summed E-state index contributed by atoms with van der Waals surface area (Å²) in [4.78, 5) is 0. The predicted molar refractivity (Wildman–Crippen MR) is 47.0 cm³/mol. The first-order valence-corrected chi connectivity index (χ1v) is 7.90. The van der Waals surface area contributed by atoms with E-state index in [4.69, 9.17) is 38.9 Å². The Bertz CT molecular complexity index is 427. The van der Waals surface area contributed by atoms with Gasteiger partial charge in [0.05, 0.1) is 0 Å². The van der Waals surface area contributed by atoms with Crippen LogP contribution in [0.25, 0.3) is 0 Å². The second-order valence-corrected chi connectivity index (χ2v) is 6.00. The fraction of sp³-hybridized carbons (Fsp3) is 1.00. The fourth-order valence-corrected chi connectivity index (χ4v) is 0. The minimum absolute atomic E-state index is 0. The molecule has 0 radical (unpaired) electrons. The van der Waals surface area contributed by atoms with Crippen molar-refractivity contribution in [1.82, 2.24) is 0 Å². The molecule has 0 aromatic carbocycles.